The van der Waals surface area contributed by atoms with Gasteiger partial charge < -0.3 is 9.64 Å². The van der Waals surface area contributed by atoms with Crippen molar-refractivity contribution in [2.45, 2.75) is 57.9 Å². The van der Waals surface area contributed by atoms with Crippen LogP contribution >= 0.6 is 11.8 Å². The largest absolute Gasteiger partial charge is 0.464 e. The van der Waals surface area contributed by atoms with Crippen molar-refractivity contribution in [3.8, 4) is 0 Å². The lowest BCUT2D eigenvalue weighted by Crippen LogP contribution is -2.46. The molecule has 138 valence electrons. The number of rotatable bonds is 8. The van der Waals surface area contributed by atoms with Gasteiger partial charge in [0, 0.05) is 12.2 Å². The van der Waals surface area contributed by atoms with Gasteiger partial charge >= 0.3 is 5.97 Å². The van der Waals surface area contributed by atoms with Gasteiger partial charge in [0.1, 0.15) is 6.04 Å². The summed E-state index contributed by atoms with van der Waals surface area (Å²) in [5, 5.41) is 0.0717. The van der Waals surface area contributed by atoms with Gasteiger partial charge in [-0.1, -0.05) is 51.1 Å². The molecule has 1 saturated heterocycles. The van der Waals surface area contributed by atoms with Gasteiger partial charge in [-0.25, -0.2) is 4.79 Å². The molecule has 2 atom stereocenters. The molecular weight excluding hydrogens is 334 g/mol. The van der Waals surface area contributed by atoms with E-state index in [0.717, 1.165) is 18.4 Å². The van der Waals surface area contributed by atoms with Crippen molar-refractivity contribution in [3.05, 3.63) is 35.9 Å². The topological polar surface area (TPSA) is 46.6 Å². The molecule has 1 aliphatic rings. The van der Waals surface area contributed by atoms with Crippen LogP contribution in [-0.4, -0.2) is 40.6 Å². The van der Waals surface area contributed by atoms with E-state index in [9.17, 15) is 9.59 Å². The van der Waals surface area contributed by atoms with Crippen LogP contribution in [-0.2, 0) is 20.7 Å². The number of thioether (sulfide) groups is 1. The van der Waals surface area contributed by atoms with Crippen LogP contribution < -0.4 is 0 Å². The second-order valence-electron chi connectivity index (χ2n) is 6.89. The Morgan fingerprint density at radius 2 is 2.00 bits per heavy atom. The molecule has 0 aromatic heterocycles. The van der Waals surface area contributed by atoms with Gasteiger partial charge in [0.25, 0.3) is 0 Å². The third-order valence-electron chi connectivity index (χ3n) is 4.24. The minimum Gasteiger partial charge on any atom is -0.464 e. The molecule has 0 bridgehead atoms. The number of benzene rings is 1. The quantitative estimate of drug-likeness (QED) is 0.658. The second-order valence-corrected chi connectivity index (χ2v) is 8.10. The normalized spacial score (nSPS) is 20.1. The molecule has 1 fully saturated rings. The highest BCUT2D eigenvalue weighted by molar-refractivity contribution is 8.00. The van der Waals surface area contributed by atoms with Gasteiger partial charge in [-0.3, -0.25) is 4.79 Å². The summed E-state index contributed by atoms with van der Waals surface area (Å²) in [5.41, 5.74) is 1.15. The Morgan fingerprint density at radius 1 is 1.28 bits per heavy atom. The Morgan fingerprint density at radius 3 is 2.64 bits per heavy atom. The summed E-state index contributed by atoms with van der Waals surface area (Å²) in [6.07, 6.45) is 2.82. The lowest BCUT2D eigenvalue weighted by molar-refractivity contribution is -0.154. The summed E-state index contributed by atoms with van der Waals surface area (Å²) < 4.78 is 5.33. The highest BCUT2D eigenvalue weighted by Crippen LogP contribution is 2.34. The number of nitrogens with zero attached hydrogens (tertiary/aromatic N) is 1. The molecule has 0 N–H and O–H groups in total. The summed E-state index contributed by atoms with van der Waals surface area (Å²) in [5.74, 6) is 0.913. The molecule has 1 aromatic carbocycles. The molecule has 0 unspecified atom stereocenters. The molecule has 1 heterocycles. The lowest BCUT2D eigenvalue weighted by atomic mass is 10.1. The smallest absolute Gasteiger partial charge is 0.329 e. The van der Waals surface area contributed by atoms with Crippen molar-refractivity contribution in [2.24, 2.45) is 5.92 Å². The first-order chi connectivity index (χ1) is 12.0. The van der Waals surface area contributed by atoms with Crippen LogP contribution in [0.3, 0.4) is 0 Å². The molecule has 0 saturated carbocycles. The van der Waals surface area contributed by atoms with E-state index in [1.54, 1.807) is 16.7 Å². The number of carbonyl (C=O) groups is 2. The zero-order chi connectivity index (χ0) is 18.2. The molecule has 1 aromatic rings. The van der Waals surface area contributed by atoms with E-state index in [4.69, 9.17) is 4.74 Å². The maximum Gasteiger partial charge on any atom is 0.329 e. The van der Waals surface area contributed by atoms with Crippen LogP contribution in [0.2, 0.25) is 0 Å². The van der Waals surface area contributed by atoms with Crippen LogP contribution in [0.5, 0.6) is 0 Å². The highest BCUT2D eigenvalue weighted by atomic mass is 32.2. The number of esters is 1. The predicted molar refractivity (Wildman–Crippen MR) is 102 cm³/mol. The van der Waals surface area contributed by atoms with Crippen LogP contribution in [0.25, 0.3) is 0 Å². The fourth-order valence-corrected chi connectivity index (χ4v) is 4.64. The first-order valence-electron chi connectivity index (χ1n) is 9.16. The van der Waals surface area contributed by atoms with E-state index in [2.05, 4.69) is 13.8 Å². The minimum absolute atomic E-state index is 0.0537. The number of ether oxygens (including phenoxy) is 1. The molecular formula is C20H29NO3S. The van der Waals surface area contributed by atoms with Gasteiger partial charge in [0.15, 0.2) is 0 Å². The van der Waals surface area contributed by atoms with Crippen LogP contribution in [0.4, 0.5) is 0 Å². The lowest BCUT2D eigenvalue weighted by Gasteiger charge is -2.29. The first kappa shape index (κ1) is 19.8. The number of hydrogen-bond donors (Lipinski definition) is 0. The number of amides is 1. The standard InChI is InChI=1S/C20H29NO3S/c1-4-12-24-20(23)17-14-25-19(13-15(2)3)21(17)18(22)11-10-16-8-6-5-7-9-16/h5-9,15,17,19H,4,10-14H2,1-3H3/t17-,19-/m1/s1. The van der Waals surface area contributed by atoms with Crippen molar-refractivity contribution in [2.75, 3.05) is 12.4 Å². The molecule has 25 heavy (non-hydrogen) atoms. The summed E-state index contributed by atoms with van der Waals surface area (Å²) in [7, 11) is 0. The molecule has 1 aliphatic heterocycles. The van der Waals surface area contributed by atoms with E-state index >= 15 is 0 Å². The third kappa shape index (κ3) is 5.77. The maximum atomic E-state index is 12.9. The van der Waals surface area contributed by atoms with E-state index in [1.807, 2.05) is 37.3 Å². The summed E-state index contributed by atoms with van der Waals surface area (Å²) in [6.45, 7) is 6.69. The molecule has 5 heteroatoms. The van der Waals surface area contributed by atoms with Gasteiger partial charge in [0.05, 0.1) is 12.0 Å². The predicted octanol–water partition coefficient (Wildman–Crippen LogP) is 3.89. The second kappa shape index (κ2) is 9.85. The number of aryl methyl sites for hydroxylation is 1. The monoisotopic (exact) mass is 363 g/mol. The van der Waals surface area contributed by atoms with Gasteiger partial charge in [-0.2, -0.15) is 0 Å². The van der Waals surface area contributed by atoms with Crippen molar-refractivity contribution in [1.29, 1.82) is 0 Å². The summed E-state index contributed by atoms with van der Waals surface area (Å²) in [4.78, 5) is 27.1. The molecule has 1 amide bonds. The molecule has 2 rings (SSSR count). The Hall–Kier alpha value is -1.49. The zero-order valence-corrected chi connectivity index (χ0v) is 16.3. The van der Waals surface area contributed by atoms with E-state index in [-0.39, 0.29) is 17.3 Å². The van der Waals surface area contributed by atoms with Gasteiger partial charge in [-0.15, -0.1) is 11.8 Å². The number of carbonyl (C=O) groups excluding carboxylic acids is 2. The SMILES string of the molecule is CCCOC(=O)[C@H]1CS[C@H](CC(C)C)N1C(=O)CCc1ccccc1. The van der Waals surface area contributed by atoms with Crippen LogP contribution in [0, 0.1) is 5.92 Å². The maximum absolute atomic E-state index is 12.9. The van der Waals surface area contributed by atoms with E-state index in [0.29, 0.717) is 31.1 Å². The van der Waals surface area contributed by atoms with Crippen molar-refractivity contribution in [1.82, 2.24) is 4.90 Å². The van der Waals surface area contributed by atoms with Crippen molar-refractivity contribution in [3.63, 3.8) is 0 Å². The van der Waals surface area contributed by atoms with Gasteiger partial charge in [-0.05, 0) is 30.7 Å². The first-order valence-corrected chi connectivity index (χ1v) is 10.2. The molecule has 0 spiro atoms. The fraction of sp³-hybridized carbons (Fsp3) is 0.600. The third-order valence-corrected chi connectivity index (χ3v) is 5.56. The molecule has 0 radical (unpaired) electrons. The molecule has 0 aliphatic carbocycles. The van der Waals surface area contributed by atoms with E-state index < -0.39 is 6.04 Å². The van der Waals surface area contributed by atoms with Crippen molar-refractivity contribution >= 4 is 23.6 Å². The van der Waals surface area contributed by atoms with Gasteiger partial charge in [0.2, 0.25) is 5.91 Å². The summed E-state index contributed by atoms with van der Waals surface area (Å²) >= 11 is 1.70. The number of hydrogen-bond acceptors (Lipinski definition) is 4. The Bertz CT molecular complexity index is 561. The van der Waals surface area contributed by atoms with E-state index in [1.165, 1.54) is 0 Å². The molecule has 4 nitrogen and oxygen atoms in total. The van der Waals surface area contributed by atoms with Crippen molar-refractivity contribution < 1.29 is 14.3 Å². The highest BCUT2D eigenvalue weighted by Gasteiger charge is 2.42. The average Bonchev–Trinajstić information content (AvgIpc) is 3.01. The van der Waals surface area contributed by atoms with Crippen LogP contribution in [0.1, 0.15) is 45.6 Å². The Balaban J connectivity index is 2.04. The fourth-order valence-electron chi connectivity index (χ4n) is 2.99. The van der Waals surface area contributed by atoms with Crippen LogP contribution in [0.15, 0.2) is 30.3 Å². The average molecular weight is 364 g/mol. The Labute approximate surface area is 155 Å². The zero-order valence-electron chi connectivity index (χ0n) is 15.4. The minimum atomic E-state index is -0.441. The Kier molecular flexibility index (Phi) is 7.82. The summed E-state index contributed by atoms with van der Waals surface area (Å²) in [6, 6.07) is 9.56.